The van der Waals surface area contributed by atoms with Crippen molar-refractivity contribution in [3.63, 3.8) is 0 Å². The quantitative estimate of drug-likeness (QED) is 0.401. The van der Waals surface area contributed by atoms with E-state index in [0.717, 1.165) is 0 Å². The lowest BCUT2D eigenvalue weighted by molar-refractivity contribution is -0.716. The molecule has 0 saturated carbocycles. The Hall–Kier alpha value is -0.850. The Kier molecular flexibility index (Phi) is 8.53. The second-order valence-electron chi connectivity index (χ2n) is 5.98. The van der Waals surface area contributed by atoms with E-state index in [1.165, 1.54) is 63.4 Å². The van der Waals surface area contributed by atoms with Gasteiger partial charge in [0.15, 0.2) is 18.4 Å². The number of unbranched alkanes of at least 4 members (excludes halogenated alkanes) is 7. The van der Waals surface area contributed by atoms with Crippen LogP contribution in [0.15, 0.2) is 24.5 Å². The predicted molar refractivity (Wildman–Crippen MR) is 83.3 cm³/mol. The predicted octanol–water partition coefficient (Wildman–Crippen LogP) is 5.24. The lowest BCUT2D eigenvalue weighted by Crippen LogP contribution is -2.35. The summed E-state index contributed by atoms with van der Waals surface area (Å²) in [5.74, 6) is 0. The molecule has 1 heterocycles. The molecular weight excluding hydrogens is 230 g/mol. The monoisotopic (exact) mass is 262 g/mol. The van der Waals surface area contributed by atoms with E-state index >= 15 is 0 Å². The summed E-state index contributed by atoms with van der Waals surface area (Å²) in [6.45, 7) is 6.75. The van der Waals surface area contributed by atoms with Gasteiger partial charge in [0.05, 0.1) is 0 Å². The van der Waals surface area contributed by atoms with Crippen LogP contribution in [-0.2, 0) is 6.42 Å². The highest BCUT2D eigenvalue weighted by Gasteiger charge is 2.06. The Morgan fingerprint density at radius 1 is 0.947 bits per heavy atom. The molecule has 0 spiro atoms. The molecule has 19 heavy (non-hydrogen) atoms. The highest BCUT2D eigenvalue weighted by atomic mass is 15.0. The molecule has 1 aromatic heterocycles. The van der Waals surface area contributed by atoms with Crippen LogP contribution in [0.5, 0.6) is 0 Å². The van der Waals surface area contributed by atoms with Gasteiger partial charge in [0.2, 0.25) is 0 Å². The SMILES string of the molecule is CCCCCCCCCCc1ccc[n+](C(C)C)c1. The van der Waals surface area contributed by atoms with E-state index in [0.29, 0.717) is 6.04 Å². The topological polar surface area (TPSA) is 3.88 Å². The Balaban J connectivity index is 2.10. The minimum atomic E-state index is 0.568. The van der Waals surface area contributed by atoms with Crippen molar-refractivity contribution in [2.45, 2.75) is 84.6 Å². The summed E-state index contributed by atoms with van der Waals surface area (Å²) in [5, 5.41) is 0. The van der Waals surface area contributed by atoms with Crippen LogP contribution in [0, 0.1) is 0 Å². The average Bonchev–Trinajstić information content (AvgIpc) is 2.42. The molecule has 0 fully saturated rings. The van der Waals surface area contributed by atoms with Gasteiger partial charge < -0.3 is 0 Å². The molecule has 0 N–H and O–H groups in total. The second-order valence-corrected chi connectivity index (χ2v) is 5.98. The van der Waals surface area contributed by atoms with Crippen molar-refractivity contribution in [1.82, 2.24) is 0 Å². The lowest BCUT2D eigenvalue weighted by Gasteiger charge is -2.04. The van der Waals surface area contributed by atoms with Crippen molar-refractivity contribution in [3.8, 4) is 0 Å². The number of aromatic nitrogens is 1. The lowest BCUT2D eigenvalue weighted by atomic mass is 10.0. The first-order valence-electron chi connectivity index (χ1n) is 8.23. The molecule has 0 aromatic carbocycles. The van der Waals surface area contributed by atoms with Crippen LogP contribution in [0.25, 0.3) is 0 Å². The summed E-state index contributed by atoms with van der Waals surface area (Å²) in [6.07, 6.45) is 16.9. The minimum absolute atomic E-state index is 0.568. The van der Waals surface area contributed by atoms with Gasteiger partial charge in [0.1, 0.15) is 0 Å². The van der Waals surface area contributed by atoms with Crippen LogP contribution in [0.2, 0.25) is 0 Å². The van der Waals surface area contributed by atoms with E-state index in [1.54, 1.807) is 0 Å². The van der Waals surface area contributed by atoms with Crippen LogP contribution < -0.4 is 4.57 Å². The number of pyridine rings is 1. The number of hydrogen-bond donors (Lipinski definition) is 0. The summed E-state index contributed by atoms with van der Waals surface area (Å²) in [5.41, 5.74) is 1.49. The van der Waals surface area contributed by atoms with Gasteiger partial charge in [-0.15, -0.1) is 0 Å². The normalized spacial score (nSPS) is 11.2. The fourth-order valence-electron chi connectivity index (χ4n) is 2.48. The minimum Gasteiger partial charge on any atom is -0.203 e. The summed E-state index contributed by atoms with van der Waals surface area (Å²) in [7, 11) is 0. The Morgan fingerprint density at radius 2 is 1.58 bits per heavy atom. The molecule has 0 aliphatic heterocycles. The molecule has 0 aliphatic carbocycles. The van der Waals surface area contributed by atoms with Gasteiger partial charge in [-0.05, 0) is 32.8 Å². The van der Waals surface area contributed by atoms with Crippen LogP contribution >= 0.6 is 0 Å². The van der Waals surface area contributed by atoms with Gasteiger partial charge in [-0.2, -0.15) is 0 Å². The number of aryl methyl sites for hydroxylation is 1. The number of rotatable bonds is 10. The molecule has 108 valence electrons. The zero-order valence-electron chi connectivity index (χ0n) is 13.2. The molecule has 0 amide bonds. The highest BCUT2D eigenvalue weighted by molar-refractivity contribution is 5.05. The van der Waals surface area contributed by atoms with E-state index in [1.807, 2.05) is 0 Å². The number of hydrogen-bond acceptors (Lipinski definition) is 0. The van der Waals surface area contributed by atoms with E-state index in [4.69, 9.17) is 0 Å². The van der Waals surface area contributed by atoms with Crippen LogP contribution in [0.1, 0.15) is 83.7 Å². The summed E-state index contributed by atoms with van der Waals surface area (Å²) < 4.78 is 2.31. The molecule has 0 radical (unpaired) electrons. The fraction of sp³-hybridized carbons (Fsp3) is 0.722. The molecule has 0 aliphatic rings. The van der Waals surface area contributed by atoms with Crippen molar-refractivity contribution in [1.29, 1.82) is 0 Å². The van der Waals surface area contributed by atoms with Gasteiger partial charge in [0.25, 0.3) is 0 Å². The number of nitrogens with zero attached hydrogens (tertiary/aromatic N) is 1. The molecule has 0 unspecified atom stereocenters. The molecule has 0 bridgehead atoms. The van der Waals surface area contributed by atoms with Crippen molar-refractivity contribution in [2.24, 2.45) is 0 Å². The van der Waals surface area contributed by atoms with Crippen molar-refractivity contribution in [3.05, 3.63) is 30.1 Å². The molecule has 1 nitrogen and oxygen atoms in total. The largest absolute Gasteiger partial charge is 0.203 e. The smallest absolute Gasteiger partial charge is 0.172 e. The third-order valence-corrected chi connectivity index (χ3v) is 3.80. The Labute approximate surface area is 120 Å². The van der Waals surface area contributed by atoms with Crippen LogP contribution in [-0.4, -0.2) is 0 Å². The van der Waals surface area contributed by atoms with E-state index in [2.05, 4.69) is 49.9 Å². The van der Waals surface area contributed by atoms with Gasteiger partial charge in [-0.25, -0.2) is 4.57 Å². The van der Waals surface area contributed by atoms with E-state index < -0.39 is 0 Å². The van der Waals surface area contributed by atoms with Gasteiger partial charge in [-0.1, -0.05) is 51.9 Å². The van der Waals surface area contributed by atoms with Crippen molar-refractivity contribution < 1.29 is 4.57 Å². The molecule has 1 rings (SSSR count). The Morgan fingerprint density at radius 3 is 2.21 bits per heavy atom. The molecule has 0 saturated heterocycles. The second kappa shape index (κ2) is 10.00. The van der Waals surface area contributed by atoms with E-state index in [9.17, 15) is 0 Å². The van der Waals surface area contributed by atoms with Gasteiger partial charge in [0, 0.05) is 11.6 Å². The van der Waals surface area contributed by atoms with Crippen LogP contribution in [0.4, 0.5) is 0 Å². The fourth-order valence-corrected chi connectivity index (χ4v) is 2.48. The molecule has 1 heteroatoms. The molecule has 1 aromatic rings. The van der Waals surface area contributed by atoms with Crippen LogP contribution in [0.3, 0.4) is 0 Å². The maximum absolute atomic E-state index is 2.31. The van der Waals surface area contributed by atoms with Crippen molar-refractivity contribution in [2.75, 3.05) is 0 Å². The Bertz CT molecular complexity index is 330. The maximum atomic E-state index is 2.31. The van der Waals surface area contributed by atoms with Gasteiger partial charge >= 0.3 is 0 Å². The maximum Gasteiger partial charge on any atom is 0.172 e. The third-order valence-electron chi connectivity index (χ3n) is 3.80. The summed E-state index contributed by atoms with van der Waals surface area (Å²) in [6, 6.07) is 5.01. The first-order chi connectivity index (χ1) is 9.24. The van der Waals surface area contributed by atoms with Crippen molar-refractivity contribution >= 4 is 0 Å². The molecular formula is C18H32N+. The summed E-state index contributed by atoms with van der Waals surface area (Å²) in [4.78, 5) is 0. The average molecular weight is 262 g/mol. The van der Waals surface area contributed by atoms with E-state index in [-0.39, 0.29) is 0 Å². The first kappa shape index (κ1) is 16.2. The standard InChI is InChI=1S/C18H32N/c1-4-5-6-7-8-9-10-11-13-18-14-12-15-19(16-18)17(2)3/h12,14-17H,4-11,13H2,1-3H3/q+1. The highest BCUT2D eigenvalue weighted by Crippen LogP contribution is 2.10. The zero-order valence-corrected chi connectivity index (χ0v) is 13.2. The zero-order chi connectivity index (χ0) is 13.9. The van der Waals surface area contributed by atoms with Gasteiger partial charge in [-0.3, -0.25) is 0 Å². The third kappa shape index (κ3) is 7.34. The molecule has 0 atom stereocenters. The summed E-state index contributed by atoms with van der Waals surface area (Å²) >= 11 is 0. The first-order valence-corrected chi connectivity index (χ1v) is 8.23.